The Balaban J connectivity index is 1.93. The third kappa shape index (κ3) is 2.47. The van der Waals surface area contributed by atoms with E-state index in [0.29, 0.717) is 17.9 Å². The summed E-state index contributed by atoms with van der Waals surface area (Å²) in [5.41, 5.74) is 5.63. The molecule has 1 aromatic heterocycles. The van der Waals surface area contributed by atoms with Crippen molar-refractivity contribution in [2.24, 2.45) is 11.7 Å². The fourth-order valence-electron chi connectivity index (χ4n) is 1.99. The van der Waals surface area contributed by atoms with E-state index < -0.39 is 0 Å². The maximum Gasteiger partial charge on any atom is 0.315 e. The zero-order valence-electron chi connectivity index (χ0n) is 9.23. The summed E-state index contributed by atoms with van der Waals surface area (Å²) in [4.78, 5) is 0. The maximum absolute atomic E-state index is 5.63. The van der Waals surface area contributed by atoms with Gasteiger partial charge >= 0.3 is 6.01 Å². The van der Waals surface area contributed by atoms with Crippen molar-refractivity contribution in [2.45, 2.75) is 45.2 Å². The molecule has 0 saturated heterocycles. The Kier molecular flexibility index (Phi) is 2.90. The van der Waals surface area contributed by atoms with E-state index in [1.807, 2.05) is 6.92 Å². The van der Waals surface area contributed by atoms with Crippen LogP contribution in [0, 0.1) is 5.92 Å². The van der Waals surface area contributed by atoms with Gasteiger partial charge in [-0.05, 0) is 32.1 Å². The van der Waals surface area contributed by atoms with Gasteiger partial charge in [0.2, 0.25) is 5.89 Å². The third-order valence-electron chi connectivity index (χ3n) is 2.85. The maximum atomic E-state index is 5.63. The number of hydrogen-bond donors (Lipinski definition) is 2. The highest BCUT2D eigenvalue weighted by Gasteiger charge is 2.22. The normalized spacial score (nSPS) is 27.9. The Bertz CT molecular complexity index is 323. The van der Waals surface area contributed by atoms with E-state index in [1.165, 1.54) is 19.3 Å². The van der Waals surface area contributed by atoms with Crippen molar-refractivity contribution in [3.05, 3.63) is 5.89 Å². The molecule has 0 bridgehead atoms. The minimum Gasteiger partial charge on any atom is -0.406 e. The molecule has 5 nitrogen and oxygen atoms in total. The molecule has 0 spiro atoms. The second-order valence-corrected chi connectivity index (χ2v) is 4.49. The van der Waals surface area contributed by atoms with Crippen LogP contribution in [0.2, 0.25) is 0 Å². The zero-order chi connectivity index (χ0) is 10.8. The van der Waals surface area contributed by atoms with Gasteiger partial charge in [0.05, 0.1) is 6.04 Å². The van der Waals surface area contributed by atoms with Gasteiger partial charge in [-0.15, -0.1) is 5.10 Å². The standard InChI is InChI=1S/C10H18N4O/c1-6-3-4-8(5-6)12-10-14-13-9(15-10)7(2)11/h6-8H,3-5,11H2,1-2H3,(H,12,14). The van der Waals surface area contributed by atoms with Crippen LogP contribution in [-0.2, 0) is 0 Å². The second kappa shape index (κ2) is 4.18. The van der Waals surface area contributed by atoms with E-state index in [9.17, 15) is 0 Å². The lowest BCUT2D eigenvalue weighted by molar-refractivity contribution is 0.467. The van der Waals surface area contributed by atoms with Gasteiger partial charge in [-0.2, -0.15) is 0 Å². The zero-order valence-corrected chi connectivity index (χ0v) is 9.23. The number of rotatable bonds is 3. The Labute approximate surface area is 89.4 Å². The first kappa shape index (κ1) is 10.4. The topological polar surface area (TPSA) is 77.0 Å². The van der Waals surface area contributed by atoms with Gasteiger partial charge in [0, 0.05) is 6.04 Å². The molecule has 1 heterocycles. The molecule has 5 heteroatoms. The van der Waals surface area contributed by atoms with E-state index in [0.717, 1.165) is 5.92 Å². The van der Waals surface area contributed by atoms with Crippen molar-refractivity contribution in [3.8, 4) is 0 Å². The number of nitrogens with zero attached hydrogens (tertiary/aromatic N) is 2. The smallest absolute Gasteiger partial charge is 0.315 e. The van der Waals surface area contributed by atoms with Crippen molar-refractivity contribution in [3.63, 3.8) is 0 Å². The molecule has 15 heavy (non-hydrogen) atoms. The first-order chi connectivity index (χ1) is 7.15. The molecule has 0 amide bonds. The quantitative estimate of drug-likeness (QED) is 0.793. The molecular formula is C10H18N4O. The molecule has 1 fully saturated rings. The Hall–Kier alpha value is -1.10. The summed E-state index contributed by atoms with van der Waals surface area (Å²) in [5.74, 6) is 1.28. The van der Waals surface area contributed by atoms with Gasteiger partial charge in [0.25, 0.3) is 0 Å². The highest BCUT2D eigenvalue weighted by molar-refractivity contribution is 5.20. The van der Waals surface area contributed by atoms with Crippen LogP contribution in [0.15, 0.2) is 4.42 Å². The van der Waals surface area contributed by atoms with Crippen molar-refractivity contribution in [1.29, 1.82) is 0 Å². The Morgan fingerprint density at radius 1 is 1.47 bits per heavy atom. The van der Waals surface area contributed by atoms with E-state index in [-0.39, 0.29) is 6.04 Å². The van der Waals surface area contributed by atoms with Crippen LogP contribution in [0.25, 0.3) is 0 Å². The van der Waals surface area contributed by atoms with Crippen LogP contribution in [0.5, 0.6) is 0 Å². The summed E-state index contributed by atoms with van der Waals surface area (Å²) in [6, 6.07) is 0.776. The van der Waals surface area contributed by atoms with Gasteiger partial charge in [0.15, 0.2) is 0 Å². The minimum absolute atomic E-state index is 0.199. The fraction of sp³-hybridized carbons (Fsp3) is 0.800. The fourth-order valence-corrected chi connectivity index (χ4v) is 1.99. The molecule has 3 atom stereocenters. The lowest BCUT2D eigenvalue weighted by Gasteiger charge is -2.08. The lowest BCUT2D eigenvalue weighted by atomic mass is 10.1. The first-order valence-electron chi connectivity index (χ1n) is 5.50. The molecule has 1 saturated carbocycles. The summed E-state index contributed by atoms with van der Waals surface area (Å²) in [7, 11) is 0. The van der Waals surface area contributed by atoms with Crippen LogP contribution >= 0.6 is 0 Å². The van der Waals surface area contributed by atoms with Crippen molar-refractivity contribution in [2.75, 3.05) is 5.32 Å². The molecule has 0 aromatic carbocycles. The van der Waals surface area contributed by atoms with Crippen LogP contribution in [-0.4, -0.2) is 16.2 Å². The number of anilines is 1. The molecule has 0 radical (unpaired) electrons. The highest BCUT2D eigenvalue weighted by atomic mass is 16.4. The Morgan fingerprint density at radius 2 is 2.27 bits per heavy atom. The van der Waals surface area contributed by atoms with E-state index >= 15 is 0 Å². The molecule has 1 aromatic rings. The van der Waals surface area contributed by atoms with E-state index in [4.69, 9.17) is 10.2 Å². The number of hydrogen-bond acceptors (Lipinski definition) is 5. The van der Waals surface area contributed by atoms with Crippen molar-refractivity contribution in [1.82, 2.24) is 10.2 Å². The molecule has 2 rings (SSSR count). The summed E-state index contributed by atoms with van der Waals surface area (Å²) in [5, 5.41) is 11.0. The predicted molar refractivity (Wildman–Crippen MR) is 57.3 cm³/mol. The summed E-state index contributed by atoms with van der Waals surface area (Å²) < 4.78 is 5.38. The Morgan fingerprint density at radius 3 is 2.80 bits per heavy atom. The molecular weight excluding hydrogens is 192 g/mol. The number of nitrogens with one attached hydrogen (secondary N) is 1. The third-order valence-corrected chi connectivity index (χ3v) is 2.85. The van der Waals surface area contributed by atoms with Crippen LogP contribution in [0.4, 0.5) is 6.01 Å². The lowest BCUT2D eigenvalue weighted by Crippen LogP contribution is -2.15. The van der Waals surface area contributed by atoms with E-state index in [1.54, 1.807) is 0 Å². The summed E-state index contributed by atoms with van der Waals surface area (Å²) in [6.07, 6.45) is 3.62. The van der Waals surface area contributed by atoms with Crippen LogP contribution in [0.3, 0.4) is 0 Å². The first-order valence-corrected chi connectivity index (χ1v) is 5.50. The average molecular weight is 210 g/mol. The molecule has 0 aliphatic heterocycles. The largest absolute Gasteiger partial charge is 0.406 e. The van der Waals surface area contributed by atoms with Gasteiger partial charge in [-0.25, -0.2) is 0 Å². The van der Waals surface area contributed by atoms with Gasteiger partial charge in [-0.1, -0.05) is 12.0 Å². The highest BCUT2D eigenvalue weighted by Crippen LogP contribution is 2.27. The van der Waals surface area contributed by atoms with Crippen molar-refractivity contribution >= 4 is 6.01 Å². The molecule has 3 unspecified atom stereocenters. The number of aromatic nitrogens is 2. The van der Waals surface area contributed by atoms with E-state index in [2.05, 4.69) is 22.4 Å². The average Bonchev–Trinajstić information content (AvgIpc) is 2.76. The SMILES string of the molecule is CC1CCC(Nc2nnc(C(C)N)o2)C1. The second-order valence-electron chi connectivity index (χ2n) is 4.49. The van der Waals surface area contributed by atoms with Gasteiger partial charge in [-0.3, -0.25) is 0 Å². The number of nitrogens with two attached hydrogens (primary N) is 1. The van der Waals surface area contributed by atoms with Gasteiger partial charge < -0.3 is 15.5 Å². The van der Waals surface area contributed by atoms with Crippen LogP contribution in [0.1, 0.15) is 45.0 Å². The molecule has 1 aliphatic rings. The molecule has 1 aliphatic carbocycles. The summed E-state index contributed by atoms with van der Waals surface area (Å²) in [6.45, 7) is 4.10. The minimum atomic E-state index is -0.199. The molecule has 3 N–H and O–H groups in total. The molecule has 84 valence electrons. The van der Waals surface area contributed by atoms with Crippen molar-refractivity contribution < 1.29 is 4.42 Å². The monoisotopic (exact) mass is 210 g/mol. The predicted octanol–water partition coefficient (Wildman–Crippen LogP) is 1.69. The summed E-state index contributed by atoms with van der Waals surface area (Å²) >= 11 is 0. The van der Waals surface area contributed by atoms with Crippen LogP contribution < -0.4 is 11.1 Å². The van der Waals surface area contributed by atoms with Gasteiger partial charge in [0.1, 0.15) is 0 Å².